The fourth-order valence-corrected chi connectivity index (χ4v) is 8.49. The van der Waals surface area contributed by atoms with Crippen LogP contribution in [0.3, 0.4) is 0 Å². The number of hydrogen-bond donors (Lipinski definition) is 0. The van der Waals surface area contributed by atoms with E-state index in [1.807, 2.05) is 7.05 Å². The van der Waals surface area contributed by atoms with Gasteiger partial charge in [0.15, 0.2) is 0 Å². The predicted molar refractivity (Wildman–Crippen MR) is 116 cm³/mol. The number of carbonyl (C=O) groups is 2. The fourth-order valence-electron chi connectivity index (χ4n) is 8.49. The topological polar surface area (TPSA) is 40.6 Å². The first kappa shape index (κ1) is 21.2. The Kier molecular flexibility index (Phi) is 5.76. The minimum atomic E-state index is 0.286. The number of carbonyl (C=O) groups excluding carboxylic acids is 2. The van der Waals surface area contributed by atoms with Gasteiger partial charge < -0.3 is 9.80 Å². The average Bonchev–Trinajstić information content (AvgIpc) is 3.06. The van der Waals surface area contributed by atoms with Gasteiger partial charge in [0.05, 0.1) is 0 Å². The molecule has 0 radical (unpaired) electrons. The molecule has 3 saturated carbocycles. The molecule has 3 aliphatic carbocycles. The van der Waals surface area contributed by atoms with Crippen molar-refractivity contribution in [3.8, 4) is 0 Å². The van der Waals surface area contributed by atoms with Crippen LogP contribution in [0.5, 0.6) is 0 Å². The summed E-state index contributed by atoms with van der Waals surface area (Å²) >= 11 is 0. The van der Waals surface area contributed by atoms with E-state index >= 15 is 0 Å². The standard InChI is InChI=1S/C25H42N2O2/c1-5-6-7-16-27(17-28)22-11-9-19-18-8-10-21-24(2,15-13-23(29)26(21)4)20(18)12-14-25(19,22)3/h17-22H,5-16H2,1-4H3/t18-,19-,20-,21+,22-,24+,25-/m0/s1. The van der Waals surface area contributed by atoms with E-state index in [9.17, 15) is 9.59 Å². The first-order valence-corrected chi connectivity index (χ1v) is 12.3. The van der Waals surface area contributed by atoms with Crippen molar-refractivity contribution >= 4 is 12.3 Å². The van der Waals surface area contributed by atoms with Gasteiger partial charge in [-0.25, -0.2) is 0 Å². The normalized spacial score (nSPS) is 44.1. The van der Waals surface area contributed by atoms with E-state index in [1.165, 1.54) is 51.4 Å². The second-order valence-electron chi connectivity index (χ2n) is 11.2. The van der Waals surface area contributed by atoms with Gasteiger partial charge in [-0.2, -0.15) is 0 Å². The minimum absolute atomic E-state index is 0.286. The van der Waals surface area contributed by atoms with Crippen LogP contribution in [0.2, 0.25) is 0 Å². The Morgan fingerprint density at radius 2 is 1.79 bits per heavy atom. The molecule has 4 fully saturated rings. The number of nitrogens with zero attached hydrogens (tertiary/aromatic N) is 2. The summed E-state index contributed by atoms with van der Waals surface area (Å²) in [6.45, 7) is 8.17. The summed E-state index contributed by atoms with van der Waals surface area (Å²) < 4.78 is 0. The maximum absolute atomic E-state index is 12.3. The zero-order valence-corrected chi connectivity index (χ0v) is 19.2. The molecule has 1 saturated heterocycles. The Labute approximate surface area is 177 Å². The molecule has 0 aromatic rings. The van der Waals surface area contributed by atoms with E-state index in [0.29, 0.717) is 18.0 Å². The van der Waals surface area contributed by atoms with Crippen molar-refractivity contribution in [1.82, 2.24) is 9.80 Å². The molecule has 1 heterocycles. The Bertz CT molecular complexity index is 636. The lowest BCUT2D eigenvalue weighted by Crippen LogP contribution is -2.62. The van der Waals surface area contributed by atoms with Gasteiger partial charge in [0, 0.05) is 32.1 Å². The Morgan fingerprint density at radius 1 is 1.03 bits per heavy atom. The molecule has 29 heavy (non-hydrogen) atoms. The molecule has 4 heteroatoms. The van der Waals surface area contributed by atoms with Gasteiger partial charge in [0.25, 0.3) is 0 Å². The largest absolute Gasteiger partial charge is 0.342 e. The molecule has 0 aromatic heterocycles. The van der Waals surface area contributed by atoms with Crippen LogP contribution in [0, 0.1) is 28.6 Å². The monoisotopic (exact) mass is 402 g/mol. The second-order valence-corrected chi connectivity index (χ2v) is 11.2. The van der Waals surface area contributed by atoms with Gasteiger partial charge in [0.1, 0.15) is 0 Å². The van der Waals surface area contributed by atoms with Gasteiger partial charge >= 0.3 is 0 Å². The SMILES string of the molecule is CCCCCN(C=O)[C@H]1CC[C@H]2[C@@H]3CC[C@H]4N(C)C(=O)CC[C@]4(C)[C@H]3CC[C@]12C. The molecular weight excluding hydrogens is 360 g/mol. The second kappa shape index (κ2) is 7.89. The molecule has 0 spiro atoms. The zero-order valence-electron chi connectivity index (χ0n) is 19.2. The molecule has 4 nitrogen and oxygen atoms in total. The fraction of sp³-hybridized carbons (Fsp3) is 0.920. The van der Waals surface area contributed by atoms with Crippen molar-refractivity contribution < 1.29 is 9.59 Å². The van der Waals surface area contributed by atoms with E-state index in [0.717, 1.165) is 50.0 Å². The first-order valence-electron chi connectivity index (χ1n) is 12.3. The van der Waals surface area contributed by atoms with Crippen LogP contribution in [0.4, 0.5) is 0 Å². The first-order chi connectivity index (χ1) is 13.9. The van der Waals surface area contributed by atoms with Crippen LogP contribution in [-0.2, 0) is 9.59 Å². The molecule has 2 amide bonds. The molecule has 0 unspecified atom stereocenters. The molecular formula is C25H42N2O2. The van der Waals surface area contributed by atoms with Crippen molar-refractivity contribution in [1.29, 1.82) is 0 Å². The summed E-state index contributed by atoms with van der Waals surface area (Å²) in [5.41, 5.74) is 0.574. The highest BCUT2D eigenvalue weighted by molar-refractivity contribution is 5.77. The molecule has 164 valence electrons. The van der Waals surface area contributed by atoms with Crippen molar-refractivity contribution in [2.24, 2.45) is 28.6 Å². The number of likely N-dealkylation sites (tertiary alicyclic amines) is 1. The third-order valence-electron chi connectivity index (χ3n) is 10.1. The van der Waals surface area contributed by atoms with E-state index in [2.05, 4.69) is 30.6 Å². The van der Waals surface area contributed by atoms with Crippen molar-refractivity contribution in [2.75, 3.05) is 13.6 Å². The quantitative estimate of drug-likeness (QED) is 0.470. The number of piperidine rings is 1. The van der Waals surface area contributed by atoms with Crippen molar-refractivity contribution in [3.63, 3.8) is 0 Å². The Balaban J connectivity index is 1.53. The number of rotatable bonds is 6. The van der Waals surface area contributed by atoms with Crippen LogP contribution in [-0.4, -0.2) is 47.8 Å². The lowest BCUT2D eigenvalue weighted by atomic mass is 9.47. The summed E-state index contributed by atoms with van der Waals surface area (Å²) in [7, 11) is 2.04. The van der Waals surface area contributed by atoms with Crippen LogP contribution >= 0.6 is 0 Å². The van der Waals surface area contributed by atoms with Gasteiger partial charge in [-0.1, -0.05) is 33.6 Å². The average molecular weight is 403 g/mol. The molecule has 0 N–H and O–H groups in total. The summed E-state index contributed by atoms with van der Waals surface area (Å²) in [6, 6.07) is 0.871. The van der Waals surface area contributed by atoms with Gasteiger partial charge in [-0.15, -0.1) is 0 Å². The molecule has 0 bridgehead atoms. The number of fused-ring (bicyclic) bond motifs is 5. The van der Waals surface area contributed by atoms with E-state index < -0.39 is 0 Å². The minimum Gasteiger partial charge on any atom is -0.342 e. The molecule has 4 aliphatic rings. The molecule has 4 rings (SSSR count). The Morgan fingerprint density at radius 3 is 2.52 bits per heavy atom. The third-order valence-corrected chi connectivity index (χ3v) is 10.1. The van der Waals surface area contributed by atoms with E-state index in [4.69, 9.17) is 0 Å². The van der Waals surface area contributed by atoms with Crippen molar-refractivity contribution in [3.05, 3.63) is 0 Å². The molecule has 1 aliphatic heterocycles. The zero-order chi connectivity index (χ0) is 20.8. The Hall–Kier alpha value is -1.06. The van der Waals surface area contributed by atoms with E-state index in [-0.39, 0.29) is 10.8 Å². The highest BCUT2D eigenvalue weighted by atomic mass is 16.2. The highest BCUT2D eigenvalue weighted by Gasteiger charge is 2.61. The molecule has 0 aromatic carbocycles. The number of hydrogen-bond acceptors (Lipinski definition) is 2. The van der Waals surface area contributed by atoms with E-state index in [1.54, 1.807) is 0 Å². The lowest BCUT2D eigenvalue weighted by molar-refractivity contribution is -0.159. The highest BCUT2D eigenvalue weighted by Crippen LogP contribution is 2.65. The summed E-state index contributed by atoms with van der Waals surface area (Å²) in [4.78, 5) is 28.6. The maximum Gasteiger partial charge on any atom is 0.222 e. The summed E-state index contributed by atoms with van der Waals surface area (Å²) in [5, 5.41) is 0. The van der Waals surface area contributed by atoms with Crippen molar-refractivity contribution in [2.45, 2.75) is 103 Å². The molecule has 7 atom stereocenters. The van der Waals surface area contributed by atoms with Crippen LogP contribution in [0.25, 0.3) is 0 Å². The van der Waals surface area contributed by atoms with Gasteiger partial charge in [-0.05, 0) is 80.0 Å². The third kappa shape index (κ3) is 3.24. The van der Waals surface area contributed by atoms with Gasteiger partial charge in [0.2, 0.25) is 12.3 Å². The number of amides is 2. The van der Waals surface area contributed by atoms with Gasteiger partial charge in [-0.3, -0.25) is 9.59 Å². The lowest BCUT2D eigenvalue weighted by Gasteiger charge is -2.62. The van der Waals surface area contributed by atoms with Crippen LogP contribution < -0.4 is 0 Å². The smallest absolute Gasteiger partial charge is 0.222 e. The maximum atomic E-state index is 12.3. The van der Waals surface area contributed by atoms with Crippen LogP contribution in [0.1, 0.15) is 91.4 Å². The predicted octanol–water partition coefficient (Wildman–Crippen LogP) is 4.87. The van der Waals surface area contributed by atoms with Crippen LogP contribution in [0.15, 0.2) is 0 Å². The summed E-state index contributed by atoms with van der Waals surface area (Å²) in [6.07, 6.45) is 14.0. The summed E-state index contributed by atoms with van der Waals surface area (Å²) in [5.74, 6) is 2.63. The number of unbranched alkanes of at least 4 members (excludes halogenated alkanes) is 2.